The van der Waals surface area contributed by atoms with Crippen LogP contribution in [0, 0.1) is 0 Å². The Bertz CT molecular complexity index is 446. The van der Waals surface area contributed by atoms with Crippen molar-refractivity contribution in [3.8, 4) is 0 Å². The van der Waals surface area contributed by atoms with Gasteiger partial charge >= 0.3 is 0 Å². The van der Waals surface area contributed by atoms with Crippen LogP contribution in [0.2, 0.25) is 0 Å². The van der Waals surface area contributed by atoms with E-state index in [1.807, 2.05) is 17.9 Å². The van der Waals surface area contributed by atoms with Crippen LogP contribution in [0.3, 0.4) is 0 Å². The average Bonchev–Trinajstić information content (AvgIpc) is 2.26. The molecule has 18 heavy (non-hydrogen) atoms. The summed E-state index contributed by atoms with van der Waals surface area (Å²) in [4.78, 5) is 18.4. The number of nitrogens with two attached hydrogens (primary N) is 1. The highest BCUT2D eigenvalue weighted by molar-refractivity contribution is 5.91. The van der Waals surface area contributed by atoms with Crippen molar-refractivity contribution >= 4 is 11.7 Å². The Morgan fingerprint density at radius 1 is 1.44 bits per heavy atom. The zero-order valence-electron chi connectivity index (χ0n) is 11.3. The van der Waals surface area contributed by atoms with E-state index >= 15 is 0 Å². The van der Waals surface area contributed by atoms with Crippen molar-refractivity contribution in [3.63, 3.8) is 0 Å². The molecule has 4 heteroatoms. The van der Waals surface area contributed by atoms with Crippen LogP contribution in [-0.2, 0) is 4.79 Å². The Morgan fingerprint density at radius 2 is 2.17 bits per heavy atom. The summed E-state index contributed by atoms with van der Waals surface area (Å²) in [6.07, 6.45) is 6.29. The third-order valence-electron chi connectivity index (χ3n) is 3.55. The van der Waals surface area contributed by atoms with Crippen molar-refractivity contribution in [2.24, 2.45) is 10.7 Å². The molecule has 0 aromatic rings. The smallest absolute Gasteiger partial charge is 0.247 e. The molecule has 0 bridgehead atoms. The van der Waals surface area contributed by atoms with Crippen molar-refractivity contribution in [1.29, 1.82) is 0 Å². The van der Waals surface area contributed by atoms with Gasteiger partial charge in [0.15, 0.2) is 0 Å². The number of carbonyl (C=O) groups excluding carboxylic acids is 1. The van der Waals surface area contributed by atoms with Crippen LogP contribution < -0.4 is 5.73 Å². The molecular formula is C14H21N3O. The highest BCUT2D eigenvalue weighted by atomic mass is 16.2. The van der Waals surface area contributed by atoms with Gasteiger partial charge < -0.3 is 10.6 Å². The largest absolute Gasteiger partial charge is 0.387 e. The number of amides is 1. The molecule has 2 N–H and O–H groups in total. The minimum absolute atomic E-state index is 0.101. The summed E-state index contributed by atoms with van der Waals surface area (Å²) in [5.41, 5.74) is 7.92. The number of aliphatic imine (C=N–C) groups is 1. The molecule has 2 aliphatic rings. The molecule has 1 amide bonds. The molecule has 0 radical (unpaired) electrons. The number of rotatable bonds is 1. The molecule has 2 heterocycles. The zero-order chi connectivity index (χ0) is 13.3. The fourth-order valence-electron chi connectivity index (χ4n) is 2.74. The highest BCUT2D eigenvalue weighted by Gasteiger charge is 2.31. The normalized spacial score (nSPS) is 28.9. The number of amidine groups is 1. The number of carbonyl (C=O) groups is 1. The van der Waals surface area contributed by atoms with Crippen molar-refractivity contribution in [1.82, 2.24) is 4.90 Å². The molecule has 0 aromatic heterocycles. The molecule has 0 spiro atoms. The van der Waals surface area contributed by atoms with E-state index in [0.29, 0.717) is 5.84 Å². The summed E-state index contributed by atoms with van der Waals surface area (Å²) in [5, 5.41) is 0. The molecule has 4 nitrogen and oxygen atoms in total. The molecule has 2 aliphatic heterocycles. The van der Waals surface area contributed by atoms with Gasteiger partial charge in [0.2, 0.25) is 5.91 Å². The van der Waals surface area contributed by atoms with Crippen molar-refractivity contribution in [3.05, 3.63) is 23.4 Å². The predicted octanol–water partition coefficient (Wildman–Crippen LogP) is 1.98. The van der Waals surface area contributed by atoms with E-state index < -0.39 is 0 Å². The third-order valence-corrected chi connectivity index (χ3v) is 3.55. The lowest BCUT2D eigenvalue weighted by molar-refractivity contribution is -0.130. The molecular weight excluding hydrogens is 226 g/mol. The SMILES string of the molecule is C/C1=C2\C=CC(=O)N(C(C)C)C2CCCC(N)=N1. The second-order valence-corrected chi connectivity index (χ2v) is 5.22. The van der Waals surface area contributed by atoms with E-state index in [2.05, 4.69) is 18.8 Å². The summed E-state index contributed by atoms with van der Waals surface area (Å²) >= 11 is 0. The van der Waals surface area contributed by atoms with Gasteiger partial charge in [-0.15, -0.1) is 0 Å². The van der Waals surface area contributed by atoms with E-state index in [0.717, 1.165) is 30.5 Å². The first-order chi connectivity index (χ1) is 8.50. The molecule has 98 valence electrons. The van der Waals surface area contributed by atoms with Crippen molar-refractivity contribution in [2.45, 2.75) is 52.1 Å². The quantitative estimate of drug-likeness (QED) is 0.770. The first kappa shape index (κ1) is 12.9. The molecule has 0 aliphatic carbocycles. The summed E-state index contributed by atoms with van der Waals surface area (Å²) in [6, 6.07) is 0.357. The Balaban J connectivity index is 2.47. The molecule has 0 saturated carbocycles. The first-order valence-corrected chi connectivity index (χ1v) is 6.55. The van der Waals surface area contributed by atoms with E-state index in [-0.39, 0.29) is 18.0 Å². The summed E-state index contributed by atoms with van der Waals surface area (Å²) < 4.78 is 0. The van der Waals surface area contributed by atoms with Crippen LogP contribution in [0.25, 0.3) is 0 Å². The third kappa shape index (κ3) is 2.33. The van der Waals surface area contributed by atoms with Crippen LogP contribution in [0.5, 0.6) is 0 Å². The van der Waals surface area contributed by atoms with E-state index in [1.165, 1.54) is 0 Å². The molecule has 0 saturated heterocycles. The van der Waals surface area contributed by atoms with Gasteiger partial charge in [-0.3, -0.25) is 4.79 Å². The summed E-state index contributed by atoms with van der Waals surface area (Å²) in [6.45, 7) is 6.08. The zero-order valence-corrected chi connectivity index (χ0v) is 11.3. The minimum atomic E-state index is 0.101. The van der Waals surface area contributed by atoms with Gasteiger partial charge in [-0.2, -0.15) is 0 Å². The fraction of sp³-hybridized carbons (Fsp3) is 0.571. The van der Waals surface area contributed by atoms with Crippen LogP contribution in [0.4, 0.5) is 0 Å². The first-order valence-electron chi connectivity index (χ1n) is 6.55. The number of fused-ring (bicyclic) bond motifs is 1. The maximum absolute atomic E-state index is 12.0. The van der Waals surface area contributed by atoms with E-state index in [9.17, 15) is 4.79 Å². The van der Waals surface area contributed by atoms with Crippen LogP contribution in [0.15, 0.2) is 28.4 Å². The van der Waals surface area contributed by atoms with E-state index in [1.54, 1.807) is 6.08 Å². The molecule has 2 rings (SSSR count). The number of hydrogen-bond acceptors (Lipinski definition) is 3. The Labute approximate surface area is 108 Å². The van der Waals surface area contributed by atoms with Crippen LogP contribution in [0.1, 0.15) is 40.0 Å². The maximum Gasteiger partial charge on any atom is 0.247 e. The monoisotopic (exact) mass is 247 g/mol. The molecule has 1 atom stereocenters. The lowest BCUT2D eigenvalue weighted by atomic mass is 9.92. The fourth-order valence-corrected chi connectivity index (χ4v) is 2.74. The van der Waals surface area contributed by atoms with Gasteiger partial charge in [-0.05, 0) is 45.3 Å². The Hall–Kier alpha value is -1.58. The lowest BCUT2D eigenvalue weighted by Crippen LogP contribution is -2.47. The standard InChI is InChI=1S/C14H21N3O/c1-9(2)17-12-5-4-6-13(15)16-10(3)11(12)7-8-14(17)18/h7-9,12H,4-6H2,1-3H3,(H2,15,16)/b11-10-. The number of nitrogens with zero attached hydrogens (tertiary/aromatic N) is 2. The minimum Gasteiger partial charge on any atom is -0.387 e. The highest BCUT2D eigenvalue weighted by Crippen LogP contribution is 2.29. The number of hydrogen-bond donors (Lipinski definition) is 1. The topological polar surface area (TPSA) is 58.7 Å². The summed E-state index contributed by atoms with van der Waals surface area (Å²) in [5.74, 6) is 0.795. The van der Waals surface area contributed by atoms with Crippen molar-refractivity contribution < 1.29 is 4.79 Å². The maximum atomic E-state index is 12.0. The molecule has 1 unspecified atom stereocenters. The molecule has 0 aromatic carbocycles. The number of allylic oxidation sites excluding steroid dienone is 1. The van der Waals surface area contributed by atoms with Gasteiger partial charge in [0.1, 0.15) is 0 Å². The second-order valence-electron chi connectivity index (χ2n) is 5.22. The average molecular weight is 247 g/mol. The Kier molecular flexibility index (Phi) is 3.55. The van der Waals surface area contributed by atoms with Crippen molar-refractivity contribution in [2.75, 3.05) is 0 Å². The van der Waals surface area contributed by atoms with E-state index in [4.69, 9.17) is 5.73 Å². The summed E-state index contributed by atoms with van der Waals surface area (Å²) in [7, 11) is 0. The molecule has 0 fully saturated rings. The second kappa shape index (κ2) is 4.96. The predicted molar refractivity (Wildman–Crippen MR) is 73.1 cm³/mol. The van der Waals surface area contributed by atoms with Crippen LogP contribution in [-0.4, -0.2) is 28.7 Å². The van der Waals surface area contributed by atoms with Crippen LogP contribution >= 0.6 is 0 Å². The van der Waals surface area contributed by atoms with Gasteiger partial charge in [-0.1, -0.05) is 0 Å². The Morgan fingerprint density at radius 3 is 2.83 bits per heavy atom. The van der Waals surface area contributed by atoms with Gasteiger partial charge in [0, 0.05) is 24.2 Å². The van der Waals surface area contributed by atoms with Gasteiger partial charge in [0.25, 0.3) is 0 Å². The van der Waals surface area contributed by atoms with Gasteiger partial charge in [0.05, 0.1) is 11.9 Å². The lowest BCUT2D eigenvalue weighted by Gasteiger charge is -2.38. The van der Waals surface area contributed by atoms with Gasteiger partial charge in [-0.25, -0.2) is 4.99 Å².